The molecule has 0 saturated heterocycles. The van der Waals surface area contributed by atoms with Crippen molar-refractivity contribution in [3.05, 3.63) is 63.7 Å². The van der Waals surface area contributed by atoms with Gasteiger partial charge >= 0.3 is 11.7 Å². The Labute approximate surface area is 114 Å². The van der Waals surface area contributed by atoms with E-state index in [2.05, 4.69) is 0 Å². The molecule has 0 fully saturated rings. The second-order valence-corrected chi connectivity index (χ2v) is 4.13. The van der Waals surface area contributed by atoms with Gasteiger partial charge in [0.1, 0.15) is 11.3 Å². The number of carboxylic acid groups (broad SMARTS) is 1. The topological polar surface area (TPSA) is 89.7 Å². The van der Waals surface area contributed by atoms with Gasteiger partial charge in [0, 0.05) is 6.07 Å². The first-order valence-electron chi connectivity index (χ1n) is 5.74. The van der Waals surface area contributed by atoms with Crippen molar-refractivity contribution in [2.75, 3.05) is 0 Å². The highest BCUT2D eigenvalue weighted by Gasteiger charge is 2.18. The summed E-state index contributed by atoms with van der Waals surface area (Å²) in [5.74, 6) is -1.08. The van der Waals surface area contributed by atoms with Crippen LogP contribution in [0.1, 0.15) is 15.9 Å². The lowest BCUT2D eigenvalue weighted by Gasteiger charge is -2.09. The number of nitrogens with zero attached hydrogens (tertiary/aromatic N) is 1. The molecule has 0 aliphatic rings. The molecular formula is C14H11NO5. The van der Waals surface area contributed by atoms with Crippen molar-refractivity contribution in [1.82, 2.24) is 0 Å². The zero-order valence-corrected chi connectivity index (χ0v) is 10.6. The van der Waals surface area contributed by atoms with Crippen LogP contribution in [0.2, 0.25) is 0 Å². The van der Waals surface area contributed by atoms with Crippen LogP contribution < -0.4 is 4.74 Å². The first-order chi connectivity index (χ1) is 9.49. The maximum atomic E-state index is 11.2. The van der Waals surface area contributed by atoms with Crippen molar-refractivity contribution in [2.45, 2.75) is 6.92 Å². The molecule has 0 aliphatic carbocycles. The third-order valence-electron chi connectivity index (χ3n) is 2.65. The van der Waals surface area contributed by atoms with E-state index in [-0.39, 0.29) is 22.7 Å². The van der Waals surface area contributed by atoms with Gasteiger partial charge in [0.15, 0.2) is 0 Å². The molecule has 6 heteroatoms. The number of aromatic carboxylic acids is 1. The molecule has 2 rings (SSSR count). The fourth-order valence-electron chi connectivity index (χ4n) is 1.71. The summed E-state index contributed by atoms with van der Waals surface area (Å²) in [6.45, 7) is 1.75. The third kappa shape index (κ3) is 2.74. The van der Waals surface area contributed by atoms with Crippen LogP contribution in [0.25, 0.3) is 0 Å². The molecule has 0 amide bonds. The number of nitro groups is 1. The molecule has 6 nitrogen and oxygen atoms in total. The minimum atomic E-state index is -1.15. The molecule has 0 bridgehead atoms. The summed E-state index contributed by atoms with van der Waals surface area (Å²) in [7, 11) is 0. The van der Waals surface area contributed by atoms with Gasteiger partial charge in [-0.05, 0) is 25.1 Å². The molecule has 0 heterocycles. The molecule has 0 atom stereocenters. The number of para-hydroxylation sites is 2. The molecule has 0 aromatic heterocycles. The number of hydrogen-bond donors (Lipinski definition) is 1. The fourth-order valence-corrected chi connectivity index (χ4v) is 1.71. The molecule has 0 unspecified atom stereocenters. The maximum Gasteiger partial charge on any atom is 0.339 e. The Bertz CT molecular complexity index is 681. The minimum absolute atomic E-state index is 0.00357. The van der Waals surface area contributed by atoms with E-state index >= 15 is 0 Å². The Morgan fingerprint density at radius 1 is 1.20 bits per heavy atom. The second kappa shape index (κ2) is 5.40. The van der Waals surface area contributed by atoms with E-state index in [4.69, 9.17) is 9.84 Å². The van der Waals surface area contributed by atoms with E-state index in [0.29, 0.717) is 0 Å². The average Bonchev–Trinajstić information content (AvgIpc) is 2.41. The number of nitro benzene ring substituents is 1. The molecule has 0 aliphatic heterocycles. The highest BCUT2D eigenvalue weighted by molar-refractivity contribution is 5.91. The normalized spacial score (nSPS) is 10.1. The van der Waals surface area contributed by atoms with Crippen molar-refractivity contribution in [3.8, 4) is 11.5 Å². The first kappa shape index (κ1) is 13.5. The molecule has 1 N–H and O–H groups in total. The number of benzene rings is 2. The van der Waals surface area contributed by atoms with Crippen molar-refractivity contribution >= 4 is 11.7 Å². The van der Waals surface area contributed by atoms with Crippen LogP contribution in [0.4, 0.5) is 5.69 Å². The zero-order valence-electron chi connectivity index (χ0n) is 10.6. The molecule has 20 heavy (non-hydrogen) atoms. The van der Waals surface area contributed by atoms with E-state index in [9.17, 15) is 14.9 Å². The van der Waals surface area contributed by atoms with E-state index in [1.165, 1.54) is 30.3 Å². The van der Waals surface area contributed by atoms with Crippen molar-refractivity contribution in [1.29, 1.82) is 0 Å². The maximum absolute atomic E-state index is 11.2. The number of carbonyl (C=O) groups is 1. The number of carboxylic acids is 1. The Morgan fingerprint density at radius 3 is 2.55 bits per heavy atom. The van der Waals surface area contributed by atoms with Gasteiger partial charge in [0.2, 0.25) is 5.75 Å². The molecular weight excluding hydrogens is 262 g/mol. The van der Waals surface area contributed by atoms with E-state index in [1.807, 2.05) is 0 Å². The smallest absolute Gasteiger partial charge is 0.339 e. The first-order valence-corrected chi connectivity index (χ1v) is 5.74. The standard InChI is InChI=1S/C14H11NO5/c1-9-6-7-12(10(8-9)14(16)17)20-13-5-3-2-4-11(13)15(18)19/h2-8H,1H3,(H,16,17). The number of ether oxygens (including phenoxy) is 1. The van der Waals surface area contributed by atoms with Crippen LogP contribution in [-0.4, -0.2) is 16.0 Å². The molecule has 2 aromatic carbocycles. The Morgan fingerprint density at radius 2 is 1.90 bits per heavy atom. The van der Waals surface area contributed by atoms with E-state index in [1.54, 1.807) is 19.1 Å². The molecule has 102 valence electrons. The van der Waals surface area contributed by atoms with Crippen LogP contribution in [0.5, 0.6) is 11.5 Å². The summed E-state index contributed by atoms with van der Waals surface area (Å²) in [6.07, 6.45) is 0. The monoisotopic (exact) mass is 273 g/mol. The SMILES string of the molecule is Cc1ccc(Oc2ccccc2[N+](=O)[O-])c(C(=O)O)c1. The van der Waals surface area contributed by atoms with Crippen LogP contribution in [0, 0.1) is 17.0 Å². The summed E-state index contributed by atoms with van der Waals surface area (Å²) >= 11 is 0. The van der Waals surface area contributed by atoms with Gasteiger partial charge < -0.3 is 9.84 Å². The molecule has 0 radical (unpaired) electrons. The van der Waals surface area contributed by atoms with Gasteiger partial charge in [-0.15, -0.1) is 0 Å². The lowest BCUT2D eigenvalue weighted by molar-refractivity contribution is -0.385. The summed E-state index contributed by atoms with van der Waals surface area (Å²) in [5.41, 5.74) is 0.505. The fraction of sp³-hybridized carbons (Fsp3) is 0.0714. The predicted octanol–water partition coefficient (Wildman–Crippen LogP) is 3.39. The summed E-state index contributed by atoms with van der Waals surface area (Å²) in [5, 5.41) is 20.0. The minimum Gasteiger partial charge on any atom is -0.478 e. The van der Waals surface area contributed by atoms with E-state index < -0.39 is 10.9 Å². The number of rotatable bonds is 4. The third-order valence-corrected chi connectivity index (χ3v) is 2.65. The lowest BCUT2D eigenvalue weighted by atomic mass is 10.1. The van der Waals surface area contributed by atoms with Crippen LogP contribution in [0.15, 0.2) is 42.5 Å². The lowest BCUT2D eigenvalue weighted by Crippen LogP contribution is -2.01. The van der Waals surface area contributed by atoms with Crippen molar-refractivity contribution in [2.24, 2.45) is 0 Å². The van der Waals surface area contributed by atoms with Gasteiger partial charge in [-0.2, -0.15) is 0 Å². The zero-order chi connectivity index (χ0) is 14.7. The number of hydrogen-bond acceptors (Lipinski definition) is 4. The summed E-state index contributed by atoms with van der Waals surface area (Å²) in [4.78, 5) is 21.5. The van der Waals surface area contributed by atoms with Gasteiger partial charge in [-0.25, -0.2) is 4.79 Å². The highest BCUT2D eigenvalue weighted by atomic mass is 16.6. The van der Waals surface area contributed by atoms with Gasteiger partial charge in [-0.1, -0.05) is 23.8 Å². The van der Waals surface area contributed by atoms with Crippen LogP contribution in [-0.2, 0) is 0 Å². The number of aryl methyl sites for hydroxylation is 1. The molecule has 2 aromatic rings. The largest absolute Gasteiger partial charge is 0.478 e. The van der Waals surface area contributed by atoms with Gasteiger partial charge in [0.25, 0.3) is 0 Å². The Kier molecular flexibility index (Phi) is 3.65. The average molecular weight is 273 g/mol. The highest BCUT2D eigenvalue weighted by Crippen LogP contribution is 2.32. The second-order valence-electron chi connectivity index (χ2n) is 4.13. The van der Waals surface area contributed by atoms with Crippen LogP contribution in [0.3, 0.4) is 0 Å². The molecule has 0 spiro atoms. The summed E-state index contributed by atoms with van der Waals surface area (Å²) in [6, 6.07) is 10.4. The van der Waals surface area contributed by atoms with Crippen LogP contribution >= 0.6 is 0 Å². The quantitative estimate of drug-likeness (QED) is 0.681. The molecule has 0 saturated carbocycles. The predicted molar refractivity (Wildman–Crippen MR) is 71.3 cm³/mol. The Balaban J connectivity index is 2.45. The van der Waals surface area contributed by atoms with Crippen molar-refractivity contribution < 1.29 is 19.6 Å². The Hall–Kier alpha value is -2.89. The summed E-state index contributed by atoms with van der Waals surface area (Å²) < 4.78 is 5.40. The van der Waals surface area contributed by atoms with E-state index in [0.717, 1.165) is 5.56 Å². The van der Waals surface area contributed by atoms with Crippen molar-refractivity contribution in [3.63, 3.8) is 0 Å². The van der Waals surface area contributed by atoms with Gasteiger partial charge in [0.05, 0.1) is 4.92 Å². The van der Waals surface area contributed by atoms with Gasteiger partial charge in [-0.3, -0.25) is 10.1 Å².